The summed E-state index contributed by atoms with van der Waals surface area (Å²) < 4.78 is 22.4. The number of carbonyl (C=O) groups excluding carboxylic acids is 2. The van der Waals surface area contributed by atoms with Crippen molar-refractivity contribution in [3.63, 3.8) is 0 Å². The Labute approximate surface area is 208 Å². The Hall–Kier alpha value is -3.54. The van der Waals surface area contributed by atoms with Gasteiger partial charge in [0.05, 0.1) is 26.4 Å². The molecule has 0 aliphatic rings. The van der Waals surface area contributed by atoms with Gasteiger partial charge in [0.15, 0.2) is 0 Å². The highest BCUT2D eigenvalue weighted by Crippen LogP contribution is 2.38. The predicted molar refractivity (Wildman–Crippen MR) is 137 cm³/mol. The molecule has 0 aliphatic heterocycles. The molecule has 0 unspecified atom stereocenters. The monoisotopic (exact) mass is 480 g/mol. The van der Waals surface area contributed by atoms with Crippen LogP contribution < -0.4 is 9.47 Å². The second-order valence-electron chi connectivity index (χ2n) is 8.27. The first-order valence-corrected chi connectivity index (χ1v) is 11.9. The molecule has 0 spiro atoms. The van der Waals surface area contributed by atoms with Gasteiger partial charge < -0.3 is 18.9 Å². The zero-order valence-corrected chi connectivity index (χ0v) is 21.0. The number of hydrogen-bond donors (Lipinski definition) is 0. The molecular weight excluding hydrogens is 444 g/mol. The van der Waals surface area contributed by atoms with Crippen molar-refractivity contribution in [2.24, 2.45) is 0 Å². The van der Waals surface area contributed by atoms with Crippen molar-refractivity contribution in [3.05, 3.63) is 84.0 Å². The van der Waals surface area contributed by atoms with Crippen LogP contribution in [0.3, 0.4) is 0 Å². The number of carbonyl (C=O) groups is 2. The molecule has 0 atom stereocenters. The summed E-state index contributed by atoms with van der Waals surface area (Å²) in [5.41, 5.74) is 2.91. The molecule has 35 heavy (non-hydrogen) atoms. The van der Waals surface area contributed by atoms with Gasteiger partial charge >= 0.3 is 11.9 Å². The molecule has 0 amide bonds. The van der Waals surface area contributed by atoms with Crippen molar-refractivity contribution in [2.45, 2.75) is 46.0 Å². The number of para-hydroxylation sites is 2. The van der Waals surface area contributed by atoms with Crippen molar-refractivity contribution in [3.8, 4) is 11.5 Å². The summed E-state index contributed by atoms with van der Waals surface area (Å²) in [6.45, 7) is 14.0. The molecule has 2 aromatic rings. The Bertz CT molecular complexity index is 930. The molecule has 0 saturated heterocycles. The molecule has 0 radical (unpaired) electrons. The first kappa shape index (κ1) is 27.7. The lowest BCUT2D eigenvalue weighted by Crippen LogP contribution is -2.11. The minimum absolute atomic E-state index is 0.0740. The van der Waals surface area contributed by atoms with Crippen LogP contribution in [0.1, 0.15) is 57.1 Å². The maximum atomic E-state index is 11.5. The van der Waals surface area contributed by atoms with Crippen LogP contribution >= 0.6 is 0 Å². The fourth-order valence-corrected chi connectivity index (χ4v) is 3.47. The average molecular weight is 481 g/mol. The minimum Gasteiger partial charge on any atom is -0.493 e. The van der Waals surface area contributed by atoms with Crippen LogP contribution in [0, 0.1) is 0 Å². The van der Waals surface area contributed by atoms with Crippen molar-refractivity contribution >= 4 is 11.9 Å². The fraction of sp³-hybridized carbons (Fsp3) is 0.379. The van der Waals surface area contributed by atoms with E-state index < -0.39 is 0 Å². The van der Waals surface area contributed by atoms with Crippen molar-refractivity contribution in [2.75, 3.05) is 26.4 Å². The molecule has 0 aliphatic carbocycles. The van der Waals surface area contributed by atoms with Gasteiger partial charge in [-0.05, 0) is 32.4 Å². The van der Waals surface area contributed by atoms with Crippen LogP contribution in [0.5, 0.6) is 11.5 Å². The molecule has 0 bridgehead atoms. The zero-order chi connectivity index (χ0) is 25.6. The van der Waals surface area contributed by atoms with Gasteiger partial charge in [0.25, 0.3) is 0 Å². The maximum absolute atomic E-state index is 11.5. The molecule has 0 aromatic heterocycles. The van der Waals surface area contributed by atoms with Gasteiger partial charge in [0.2, 0.25) is 0 Å². The standard InChI is InChI=1S/C29H36O6/c1-6-23(24-13-7-9-15-26(24)32-17-11-19-34-28(30)21(2)3)25-14-8-10-16-27(25)33-18-12-20-35-29(31)22(4)5/h7-10,13-16,23H,2,4,6,11-12,17-20H2,1,3,5H3. The zero-order valence-electron chi connectivity index (χ0n) is 21.0. The molecule has 0 fully saturated rings. The van der Waals surface area contributed by atoms with Gasteiger partial charge in [0.1, 0.15) is 11.5 Å². The number of ether oxygens (including phenoxy) is 4. The van der Waals surface area contributed by atoms with Crippen LogP contribution in [0.2, 0.25) is 0 Å². The summed E-state index contributed by atoms with van der Waals surface area (Å²) >= 11 is 0. The summed E-state index contributed by atoms with van der Waals surface area (Å²) in [5, 5.41) is 0. The summed E-state index contributed by atoms with van der Waals surface area (Å²) in [7, 11) is 0. The summed E-state index contributed by atoms with van der Waals surface area (Å²) in [6, 6.07) is 15.9. The van der Waals surface area contributed by atoms with E-state index in [-0.39, 0.29) is 31.1 Å². The summed E-state index contributed by atoms with van der Waals surface area (Å²) in [6.07, 6.45) is 2.02. The average Bonchev–Trinajstić information content (AvgIpc) is 2.85. The molecule has 0 N–H and O–H groups in total. The van der Waals surface area contributed by atoms with Crippen LogP contribution in [0.15, 0.2) is 72.8 Å². The summed E-state index contributed by atoms with van der Waals surface area (Å²) in [4.78, 5) is 23.0. The molecular formula is C29H36O6. The minimum atomic E-state index is -0.387. The molecule has 2 aromatic carbocycles. The second kappa shape index (κ2) is 14.7. The van der Waals surface area contributed by atoms with Crippen molar-refractivity contribution in [1.82, 2.24) is 0 Å². The Kier molecular flexibility index (Phi) is 11.6. The van der Waals surface area contributed by atoms with E-state index in [0.29, 0.717) is 37.2 Å². The predicted octanol–water partition coefficient (Wildman–Crippen LogP) is 6.00. The van der Waals surface area contributed by atoms with Crippen molar-refractivity contribution < 1.29 is 28.5 Å². The first-order chi connectivity index (χ1) is 16.8. The molecule has 0 heterocycles. The van der Waals surface area contributed by atoms with Crippen LogP contribution in [0.4, 0.5) is 0 Å². The molecule has 6 nitrogen and oxygen atoms in total. The molecule has 0 saturated carbocycles. The lowest BCUT2D eigenvalue weighted by Gasteiger charge is -2.22. The van der Waals surface area contributed by atoms with Gasteiger partial charge in [-0.15, -0.1) is 0 Å². The lowest BCUT2D eigenvalue weighted by atomic mass is 9.88. The third-order valence-electron chi connectivity index (χ3n) is 5.25. The lowest BCUT2D eigenvalue weighted by molar-refractivity contribution is -0.140. The normalized spacial score (nSPS) is 10.5. The van der Waals surface area contributed by atoms with Crippen molar-refractivity contribution in [1.29, 1.82) is 0 Å². The largest absolute Gasteiger partial charge is 0.493 e. The van der Waals surface area contributed by atoms with Crippen LogP contribution in [-0.2, 0) is 19.1 Å². The molecule has 2 rings (SSSR count). The topological polar surface area (TPSA) is 71.1 Å². The van der Waals surface area contributed by atoms with Crippen LogP contribution in [0.25, 0.3) is 0 Å². The van der Waals surface area contributed by atoms with Gasteiger partial charge in [-0.25, -0.2) is 9.59 Å². The third kappa shape index (κ3) is 8.96. The SMILES string of the molecule is C=C(C)C(=O)OCCCOc1ccccc1C(CC)c1ccccc1OCCCOC(=O)C(=C)C. The maximum Gasteiger partial charge on any atom is 0.333 e. The van der Waals surface area contributed by atoms with E-state index in [0.717, 1.165) is 29.0 Å². The molecule has 6 heteroatoms. The number of rotatable bonds is 15. The van der Waals surface area contributed by atoms with Gasteiger partial charge in [-0.2, -0.15) is 0 Å². The van der Waals surface area contributed by atoms with Gasteiger partial charge in [0, 0.05) is 41.0 Å². The summed E-state index contributed by atoms with van der Waals surface area (Å²) in [5.74, 6) is 0.896. The Morgan fingerprint density at radius 2 is 1.11 bits per heavy atom. The highest BCUT2D eigenvalue weighted by Gasteiger charge is 2.20. The van der Waals surface area contributed by atoms with E-state index in [1.165, 1.54) is 0 Å². The number of hydrogen-bond acceptors (Lipinski definition) is 6. The Morgan fingerprint density at radius 3 is 1.49 bits per heavy atom. The van der Waals surface area contributed by atoms with Gasteiger partial charge in [-0.1, -0.05) is 56.5 Å². The number of benzene rings is 2. The van der Waals surface area contributed by atoms with Gasteiger partial charge in [-0.3, -0.25) is 0 Å². The smallest absolute Gasteiger partial charge is 0.333 e. The highest BCUT2D eigenvalue weighted by molar-refractivity contribution is 5.87. The first-order valence-electron chi connectivity index (χ1n) is 11.9. The Balaban J connectivity index is 2.02. The van der Waals surface area contributed by atoms with E-state index in [1.54, 1.807) is 13.8 Å². The van der Waals surface area contributed by atoms with Crippen LogP contribution in [-0.4, -0.2) is 38.4 Å². The van der Waals surface area contributed by atoms with E-state index in [1.807, 2.05) is 36.4 Å². The fourth-order valence-electron chi connectivity index (χ4n) is 3.47. The van der Waals surface area contributed by atoms with E-state index >= 15 is 0 Å². The quantitative estimate of drug-likeness (QED) is 0.177. The highest BCUT2D eigenvalue weighted by atomic mass is 16.5. The Morgan fingerprint density at radius 1 is 0.714 bits per heavy atom. The van der Waals surface area contributed by atoms with E-state index in [4.69, 9.17) is 18.9 Å². The van der Waals surface area contributed by atoms with E-state index in [2.05, 4.69) is 32.2 Å². The number of esters is 2. The third-order valence-corrected chi connectivity index (χ3v) is 5.25. The molecule has 188 valence electrons. The van der Waals surface area contributed by atoms with E-state index in [9.17, 15) is 9.59 Å². The second-order valence-corrected chi connectivity index (χ2v) is 8.27.